The van der Waals surface area contributed by atoms with Crippen LogP contribution in [0.15, 0.2) is 18.3 Å². The van der Waals surface area contributed by atoms with E-state index in [9.17, 15) is 14.7 Å². The van der Waals surface area contributed by atoms with E-state index in [1.807, 2.05) is 0 Å². The van der Waals surface area contributed by atoms with E-state index in [1.165, 1.54) is 32.2 Å². The molecule has 6 nitrogen and oxygen atoms in total. The summed E-state index contributed by atoms with van der Waals surface area (Å²) in [7, 11) is 0. The highest BCUT2D eigenvalue weighted by molar-refractivity contribution is 5.91. The predicted octanol–water partition coefficient (Wildman–Crippen LogP) is 0.456. The van der Waals surface area contributed by atoms with Crippen molar-refractivity contribution in [2.75, 3.05) is 0 Å². The van der Waals surface area contributed by atoms with Gasteiger partial charge in [-0.1, -0.05) is 0 Å². The van der Waals surface area contributed by atoms with Crippen LogP contribution in [0.5, 0.6) is 5.88 Å². The standard InChI is InChI=1S/C10H11NO5/c1-10(2,15)9(14)16-7-6(8(12)13)4-3-5-11-7/h3-5,15H,1-2H3,(H,12,13). The first-order chi connectivity index (χ1) is 7.32. The van der Waals surface area contributed by atoms with Crippen LogP contribution >= 0.6 is 0 Å². The van der Waals surface area contributed by atoms with E-state index < -0.39 is 17.5 Å². The molecule has 0 aliphatic carbocycles. The molecule has 0 aliphatic heterocycles. The van der Waals surface area contributed by atoms with Crippen LogP contribution in [0, 0.1) is 0 Å². The van der Waals surface area contributed by atoms with Gasteiger partial charge < -0.3 is 14.9 Å². The smallest absolute Gasteiger partial charge is 0.344 e. The van der Waals surface area contributed by atoms with Gasteiger partial charge in [0.15, 0.2) is 5.60 Å². The number of carboxylic acid groups (broad SMARTS) is 1. The SMILES string of the molecule is CC(C)(O)C(=O)Oc1ncccc1C(=O)O. The summed E-state index contributed by atoms with van der Waals surface area (Å²) in [5, 5.41) is 18.1. The Morgan fingerprint density at radius 3 is 2.56 bits per heavy atom. The monoisotopic (exact) mass is 225 g/mol. The molecule has 0 aromatic carbocycles. The third-order valence-corrected chi connectivity index (χ3v) is 1.69. The van der Waals surface area contributed by atoms with Gasteiger partial charge in [0.25, 0.3) is 0 Å². The highest BCUT2D eigenvalue weighted by atomic mass is 16.6. The second kappa shape index (κ2) is 4.28. The quantitative estimate of drug-likeness (QED) is 0.725. The number of aromatic carboxylic acids is 1. The lowest BCUT2D eigenvalue weighted by Crippen LogP contribution is -2.35. The van der Waals surface area contributed by atoms with Crippen molar-refractivity contribution in [2.24, 2.45) is 0 Å². The maximum absolute atomic E-state index is 11.3. The Balaban J connectivity index is 2.98. The molecule has 1 rings (SSSR count). The van der Waals surface area contributed by atoms with E-state index >= 15 is 0 Å². The second-order valence-electron chi connectivity index (χ2n) is 3.61. The van der Waals surface area contributed by atoms with E-state index in [1.54, 1.807) is 0 Å². The molecule has 6 heteroatoms. The first kappa shape index (κ1) is 12.1. The average molecular weight is 225 g/mol. The zero-order valence-electron chi connectivity index (χ0n) is 8.80. The number of pyridine rings is 1. The lowest BCUT2D eigenvalue weighted by atomic mass is 10.1. The van der Waals surface area contributed by atoms with Gasteiger partial charge in [-0.2, -0.15) is 0 Å². The highest BCUT2D eigenvalue weighted by Crippen LogP contribution is 2.16. The highest BCUT2D eigenvalue weighted by Gasteiger charge is 2.28. The van der Waals surface area contributed by atoms with Crippen LogP contribution in [0.2, 0.25) is 0 Å². The third kappa shape index (κ3) is 2.77. The van der Waals surface area contributed by atoms with Gasteiger partial charge in [0, 0.05) is 6.20 Å². The fourth-order valence-corrected chi connectivity index (χ4v) is 0.848. The van der Waals surface area contributed by atoms with Crippen molar-refractivity contribution in [3.05, 3.63) is 23.9 Å². The molecule has 0 atom stereocenters. The van der Waals surface area contributed by atoms with Crippen LogP contribution in [-0.4, -0.2) is 32.7 Å². The molecule has 0 saturated carbocycles. The fourth-order valence-electron chi connectivity index (χ4n) is 0.848. The number of rotatable bonds is 3. The Morgan fingerprint density at radius 2 is 2.06 bits per heavy atom. The minimum atomic E-state index is -1.70. The van der Waals surface area contributed by atoms with E-state index in [4.69, 9.17) is 9.84 Å². The van der Waals surface area contributed by atoms with E-state index in [2.05, 4.69) is 4.98 Å². The lowest BCUT2D eigenvalue weighted by Gasteiger charge is -2.15. The maximum Gasteiger partial charge on any atom is 0.344 e. The molecule has 16 heavy (non-hydrogen) atoms. The molecule has 0 amide bonds. The van der Waals surface area contributed by atoms with Crippen molar-refractivity contribution < 1.29 is 24.5 Å². The second-order valence-corrected chi connectivity index (χ2v) is 3.61. The Kier molecular flexibility index (Phi) is 3.24. The maximum atomic E-state index is 11.3. The predicted molar refractivity (Wildman–Crippen MR) is 53.1 cm³/mol. The van der Waals surface area contributed by atoms with Gasteiger partial charge >= 0.3 is 11.9 Å². The van der Waals surface area contributed by atoms with Crippen LogP contribution < -0.4 is 4.74 Å². The number of ether oxygens (including phenoxy) is 1. The van der Waals surface area contributed by atoms with Gasteiger partial charge in [-0.15, -0.1) is 0 Å². The first-order valence-corrected chi connectivity index (χ1v) is 4.45. The summed E-state index contributed by atoms with van der Waals surface area (Å²) in [6, 6.07) is 2.66. The summed E-state index contributed by atoms with van der Waals surface area (Å²) < 4.78 is 4.69. The zero-order chi connectivity index (χ0) is 12.3. The molecule has 0 spiro atoms. The van der Waals surface area contributed by atoms with Crippen LogP contribution in [-0.2, 0) is 4.79 Å². The minimum Gasteiger partial charge on any atom is -0.477 e. The van der Waals surface area contributed by atoms with Gasteiger partial charge in [-0.05, 0) is 26.0 Å². The molecule has 2 N–H and O–H groups in total. The molecule has 0 saturated heterocycles. The Morgan fingerprint density at radius 1 is 1.44 bits per heavy atom. The topological polar surface area (TPSA) is 96.7 Å². The number of esters is 1. The molecule has 1 aromatic heterocycles. The minimum absolute atomic E-state index is 0.236. The van der Waals surface area contributed by atoms with Gasteiger partial charge in [0.1, 0.15) is 5.56 Å². The molecule has 0 radical (unpaired) electrons. The summed E-state index contributed by atoms with van der Waals surface area (Å²) in [6.45, 7) is 2.47. The number of nitrogens with zero attached hydrogens (tertiary/aromatic N) is 1. The summed E-state index contributed by atoms with van der Waals surface area (Å²) in [4.78, 5) is 25.7. The number of hydrogen-bond donors (Lipinski definition) is 2. The zero-order valence-corrected chi connectivity index (χ0v) is 8.80. The van der Waals surface area contributed by atoms with Crippen molar-refractivity contribution in [1.82, 2.24) is 4.98 Å². The van der Waals surface area contributed by atoms with Crippen molar-refractivity contribution in [1.29, 1.82) is 0 Å². The summed E-state index contributed by atoms with van der Waals surface area (Å²) in [6.07, 6.45) is 1.29. The fraction of sp³-hybridized carbons (Fsp3) is 0.300. The summed E-state index contributed by atoms with van der Waals surface area (Å²) in [5.41, 5.74) is -1.94. The van der Waals surface area contributed by atoms with Gasteiger partial charge in [-0.25, -0.2) is 14.6 Å². The number of carbonyl (C=O) groups excluding carboxylic acids is 1. The van der Waals surface area contributed by atoms with Crippen LogP contribution in [0.1, 0.15) is 24.2 Å². The first-order valence-electron chi connectivity index (χ1n) is 4.45. The van der Waals surface area contributed by atoms with Crippen LogP contribution in [0.3, 0.4) is 0 Å². The average Bonchev–Trinajstić information content (AvgIpc) is 2.16. The van der Waals surface area contributed by atoms with Crippen molar-refractivity contribution in [2.45, 2.75) is 19.4 Å². The molecule has 0 fully saturated rings. The molecule has 0 bridgehead atoms. The van der Waals surface area contributed by atoms with E-state index in [0.29, 0.717) is 0 Å². The lowest BCUT2D eigenvalue weighted by molar-refractivity contribution is -0.151. The summed E-state index contributed by atoms with van der Waals surface area (Å²) >= 11 is 0. The van der Waals surface area contributed by atoms with Gasteiger partial charge in [0.05, 0.1) is 0 Å². The Bertz CT molecular complexity index is 421. The largest absolute Gasteiger partial charge is 0.477 e. The molecule has 0 unspecified atom stereocenters. The summed E-state index contributed by atoms with van der Waals surface area (Å²) in [5.74, 6) is -2.55. The number of aromatic nitrogens is 1. The number of carboxylic acids is 1. The number of hydrogen-bond acceptors (Lipinski definition) is 5. The third-order valence-electron chi connectivity index (χ3n) is 1.69. The van der Waals surface area contributed by atoms with Gasteiger partial charge in [-0.3, -0.25) is 0 Å². The van der Waals surface area contributed by atoms with Crippen molar-refractivity contribution in [3.8, 4) is 5.88 Å². The molecule has 0 aliphatic rings. The Labute approximate surface area is 91.5 Å². The molecular weight excluding hydrogens is 214 g/mol. The van der Waals surface area contributed by atoms with Crippen molar-refractivity contribution in [3.63, 3.8) is 0 Å². The molecular formula is C10H11NO5. The van der Waals surface area contributed by atoms with Crippen LogP contribution in [0.25, 0.3) is 0 Å². The van der Waals surface area contributed by atoms with E-state index in [0.717, 1.165) is 0 Å². The molecule has 1 heterocycles. The van der Waals surface area contributed by atoms with Crippen molar-refractivity contribution >= 4 is 11.9 Å². The number of aliphatic hydroxyl groups is 1. The normalized spacial score (nSPS) is 10.9. The van der Waals surface area contributed by atoms with E-state index in [-0.39, 0.29) is 11.4 Å². The number of carbonyl (C=O) groups is 2. The molecule has 1 aromatic rings. The van der Waals surface area contributed by atoms with Crippen LogP contribution in [0.4, 0.5) is 0 Å². The van der Waals surface area contributed by atoms with Gasteiger partial charge in [0.2, 0.25) is 5.88 Å². The Hall–Kier alpha value is -1.95. The molecule has 86 valence electrons.